The summed E-state index contributed by atoms with van der Waals surface area (Å²) in [6, 6.07) is 8.58. The molecule has 0 aliphatic heterocycles. The van der Waals surface area contributed by atoms with Crippen molar-refractivity contribution >= 4 is 27.7 Å². The van der Waals surface area contributed by atoms with E-state index in [2.05, 4.69) is 0 Å². The first-order valence-corrected chi connectivity index (χ1v) is 10.3. The number of rotatable bonds is 7. The van der Waals surface area contributed by atoms with Gasteiger partial charge in [-0.1, -0.05) is 0 Å². The van der Waals surface area contributed by atoms with Crippen LogP contribution in [0.1, 0.15) is 43.9 Å². The minimum atomic E-state index is -4.03. The molecule has 0 saturated carbocycles. The molecule has 0 atom stereocenters. The summed E-state index contributed by atoms with van der Waals surface area (Å²) in [5.74, 6) is -3.22. The number of sulfone groups is 1. The number of hydrogen-bond donors (Lipinski definition) is 3. The third-order valence-corrected chi connectivity index (χ3v) is 6.44. The summed E-state index contributed by atoms with van der Waals surface area (Å²) in [5, 5.41) is 27.2. The number of carbonyl (C=O) groups is 3. The van der Waals surface area contributed by atoms with E-state index in [4.69, 9.17) is 14.9 Å². The number of carboxylic acids is 3. The van der Waals surface area contributed by atoms with Gasteiger partial charge in [0.25, 0.3) is 0 Å². The number of carboxylic acid groups (broad SMARTS) is 3. The van der Waals surface area contributed by atoms with Crippen LogP contribution in [0, 0.1) is 0 Å². The van der Waals surface area contributed by atoms with Crippen molar-refractivity contribution in [2.75, 3.05) is 0 Å². The molecule has 2 aromatic rings. The Morgan fingerprint density at radius 1 is 0.774 bits per heavy atom. The minimum Gasteiger partial charge on any atom is -0.478 e. The molecule has 0 aromatic heterocycles. The second-order valence-electron chi connectivity index (χ2n) is 6.52. The van der Waals surface area contributed by atoms with Gasteiger partial charge in [-0.25, -0.2) is 22.8 Å². The minimum absolute atomic E-state index is 0.0282. The van der Waals surface area contributed by atoms with E-state index >= 15 is 0 Å². The molecule has 0 spiro atoms. The Bertz CT molecular complexity index is 1240. The van der Waals surface area contributed by atoms with E-state index in [1.807, 2.05) is 0 Å². The number of hydrogen-bond acceptors (Lipinski definition) is 6. The highest BCUT2D eigenvalue weighted by molar-refractivity contribution is 7.95. The van der Waals surface area contributed by atoms with Gasteiger partial charge >= 0.3 is 17.9 Å². The first-order chi connectivity index (χ1) is 14.6. The van der Waals surface area contributed by atoms with Crippen molar-refractivity contribution in [2.24, 2.45) is 0 Å². The predicted octanol–water partition coefficient (Wildman–Crippen LogP) is 3.20. The summed E-state index contributed by atoms with van der Waals surface area (Å²) in [4.78, 5) is 33.1. The van der Waals surface area contributed by atoms with Crippen molar-refractivity contribution in [2.45, 2.75) is 17.7 Å². The maximum atomic E-state index is 12.9. The van der Waals surface area contributed by atoms with E-state index in [1.54, 1.807) is 0 Å². The molecule has 0 saturated heterocycles. The van der Waals surface area contributed by atoms with Gasteiger partial charge < -0.3 is 20.1 Å². The average molecular weight is 444 g/mol. The molecule has 0 heterocycles. The fourth-order valence-corrected chi connectivity index (χ4v) is 4.37. The van der Waals surface area contributed by atoms with Crippen LogP contribution in [0.15, 0.2) is 70.2 Å². The summed E-state index contributed by atoms with van der Waals surface area (Å²) >= 11 is 0. The van der Waals surface area contributed by atoms with E-state index in [-0.39, 0.29) is 28.2 Å². The highest BCUT2D eigenvalue weighted by atomic mass is 32.2. The molecule has 0 amide bonds. The number of aromatic carboxylic acids is 3. The molecule has 1 aliphatic carbocycles. The molecule has 3 N–H and O–H groups in total. The molecule has 0 bridgehead atoms. The Morgan fingerprint density at radius 3 is 1.94 bits per heavy atom. The third-order valence-electron chi connectivity index (χ3n) is 4.53. The number of ether oxygens (including phenoxy) is 1. The summed E-state index contributed by atoms with van der Waals surface area (Å²) in [5.41, 5.74) is -1.02. The molecule has 0 fully saturated rings. The van der Waals surface area contributed by atoms with Gasteiger partial charge in [0.1, 0.15) is 11.5 Å². The second-order valence-corrected chi connectivity index (χ2v) is 8.52. The van der Waals surface area contributed by atoms with Crippen molar-refractivity contribution in [1.29, 1.82) is 0 Å². The topological polar surface area (TPSA) is 155 Å². The Hall–Kier alpha value is -3.92. The Morgan fingerprint density at radius 2 is 1.42 bits per heavy atom. The lowest BCUT2D eigenvalue weighted by Gasteiger charge is -2.16. The van der Waals surface area contributed by atoms with Gasteiger partial charge in [-0.05, 0) is 61.0 Å². The van der Waals surface area contributed by atoms with Crippen molar-refractivity contribution in [1.82, 2.24) is 0 Å². The molecular formula is C21H16O9S. The van der Waals surface area contributed by atoms with Crippen LogP contribution in [0.2, 0.25) is 0 Å². The molecule has 9 nitrogen and oxygen atoms in total. The van der Waals surface area contributed by atoms with Crippen LogP contribution in [0.4, 0.5) is 0 Å². The molecule has 0 unspecified atom stereocenters. The number of allylic oxidation sites excluding steroid dienone is 4. The summed E-state index contributed by atoms with van der Waals surface area (Å²) < 4.78 is 31.4. The Labute approximate surface area is 176 Å². The first-order valence-electron chi connectivity index (χ1n) is 8.86. The molecule has 2 aromatic carbocycles. The van der Waals surface area contributed by atoms with E-state index < -0.39 is 38.9 Å². The van der Waals surface area contributed by atoms with Crippen LogP contribution in [0.5, 0.6) is 5.75 Å². The molecule has 10 heteroatoms. The lowest BCUT2D eigenvalue weighted by Crippen LogP contribution is -2.13. The smallest absolute Gasteiger partial charge is 0.336 e. The number of benzene rings is 2. The SMILES string of the molecule is O=C(O)c1ccc(OC2=CC=C(S(=O)(=O)c3ccc(C(=O)O)c(C(=O)O)c3)CC2)cc1. The first kappa shape index (κ1) is 21.8. The summed E-state index contributed by atoms with van der Waals surface area (Å²) in [6.07, 6.45) is 3.13. The quantitative estimate of drug-likeness (QED) is 0.584. The second kappa shape index (κ2) is 8.44. The average Bonchev–Trinajstić information content (AvgIpc) is 2.74. The highest BCUT2D eigenvalue weighted by Gasteiger charge is 2.26. The van der Waals surface area contributed by atoms with Gasteiger partial charge in [-0.2, -0.15) is 0 Å². The Balaban J connectivity index is 1.85. The lowest BCUT2D eigenvalue weighted by molar-refractivity contribution is 0.0651. The molecule has 1 aliphatic rings. The van der Waals surface area contributed by atoms with Crippen molar-refractivity contribution < 1.29 is 42.9 Å². The van der Waals surface area contributed by atoms with Crippen molar-refractivity contribution in [3.8, 4) is 5.75 Å². The van der Waals surface area contributed by atoms with Crippen LogP contribution >= 0.6 is 0 Å². The molecule has 0 radical (unpaired) electrons. The van der Waals surface area contributed by atoms with Gasteiger partial charge in [0.05, 0.1) is 21.6 Å². The molecule has 3 rings (SSSR count). The zero-order valence-electron chi connectivity index (χ0n) is 15.8. The van der Waals surface area contributed by atoms with Gasteiger partial charge in [-0.15, -0.1) is 0 Å². The van der Waals surface area contributed by atoms with Gasteiger partial charge in [-0.3, -0.25) is 0 Å². The van der Waals surface area contributed by atoms with Gasteiger partial charge in [0.2, 0.25) is 9.84 Å². The van der Waals surface area contributed by atoms with E-state index in [0.717, 1.165) is 18.2 Å². The largest absolute Gasteiger partial charge is 0.478 e. The predicted molar refractivity (Wildman–Crippen MR) is 107 cm³/mol. The normalized spacial score (nSPS) is 13.7. The van der Waals surface area contributed by atoms with E-state index in [0.29, 0.717) is 11.5 Å². The fraction of sp³-hybridized carbons (Fsp3) is 0.0952. The zero-order valence-corrected chi connectivity index (χ0v) is 16.6. The standard InChI is InChI=1S/C21H16O9S/c22-19(23)12-1-3-13(4-2-12)30-14-5-7-15(8-6-14)31(28,29)16-9-10-17(20(24)25)18(11-16)21(26)27/h1-5,7,9-11H,6,8H2,(H,22,23)(H,24,25)(H,26,27). The van der Waals surface area contributed by atoms with Gasteiger partial charge in [0.15, 0.2) is 0 Å². The van der Waals surface area contributed by atoms with Crippen molar-refractivity contribution in [3.05, 3.63) is 82.0 Å². The van der Waals surface area contributed by atoms with E-state index in [9.17, 15) is 27.9 Å². The zero-order chi connectivity index (χ0) is 22.8. The molecular weight excluding hydrogens is 428 g/mol. The van der Waals surface area contributed by atoms with Crippen LogP contribution in [-0.2, 0) is 9.84 Å². The maximum Gasteiger partial charge on any atom is 0.336 e. The molecule has 160 valence electrons. The lowest BCUT2D eigenvalue weighted by atomic mass is 10.1. The van der Waals surface area contributed by atoms with E-state index in [1.165, 1.54) is 36.4 Å². The highest BCUT2D eigenvalue weighted by Crippen LogP contribution is 2.30. The maximum absolute atomic E-state index is 12.9. The molecule has 31 heavy (non-hydrogen) atoms. The van der Waals surface area contributed by atoms with Crippen LogP contribution < -0.4 is 4.74 Å². The Kier molecular flexibility index (Phi) is 5.93. The van der Waals surface area contributed by atoms with Crippen molar-refractivity contribution in [3.63, 3.8) is 0 Å². The van der Waals surface area contributed by atoms with Crippen LogP contribution in [0.25, 0.3) is 0 Å². The monoisotopic (exact) mass is 444 g/mol. The van der Waals surface area contributed by atoms with Crippen LogP contribution in [-0.4, -0.2) is 41.6 Å². The fourth-order valence-electron chi connectivity index (χ4n) is 2.93. The summed E-state index contributed by atoms with van der Waals surface area (Å²) in [6.45, 7) is 0. The van der Waals surface area contributed by atoms with Gasteiger partial charge in [0, 0.05) is 11.3 Å². The van der Waals surface area contributed by atoms with Crippen LogP contribution in [0.3, 0.4) is 0 Å². The third kappa shape index (κ3) is 4.64. The summed E-state index contributed by atoms with van der Waals surface area (Å²) in [7, 11) is -4.03.